The second kappa shape index (κ2) is 4.35. The highest BCUT2D eigenvalue weighted by atomic mass is 16.1. The summed E-state index contributed by atoms with van der Waals surface area (Å²) in [4.78, 5) is 11.7. The van der Waals surface area contributed by atoms with E-state index in [0.717, 1.165) is 16.7 Å². The summed E-state index contributed by atoms with van der Waals surface area (Å²) in [5.74, 6) is 5.96. The van der Waals surface area contributed by atoms with Crippen LogP contribution in [0.25, 0.3) is 11.1 Å². The fourth-order valence-electron chi connectivity index (χ4n) is 1.83. The molecule has 0 aliphatic carbocycles. The van der Waals surface area contributed by atoms with Crippen LogP contribution in [0, 0.1) is 11.8 Å². The molecule has 3 aromatic carbocycles. The van der Waals surface area contributed by atoms with Gasteiger partial charge in [0.1, 0.15) is 0 Å². The van der Waals surface area contributed by atoms with Crippen molar-refractivity contribution < 1.29 is 0 Å². The average Bonchev–Trinajstić information content (AvgIpc) is 3.09. The van der Waals surface area contributed by atoms with E-state index in [4.69, 9.17) is 0 Å². The van der Waals surface area contributed by atoms with Crippen LogP contribution < -0.4 is 5.43 Å². The van der Waals surface area contributed by atoms with Crippen LogP contribution in [0.15, 0.2) is 65.5 Å². The van der Waals surface area contributed by atoms with Crippen molar-refractivity contribution in [2.75, 3.05) is 0 Å². The smallest absolute Gasteiger partial charge is 0.204 e. The van der Waals surface area contributed by atoms with Crippen LogP contribution in [-0.2, 0) is 0 Å². The Labute approximate surface area is 105 Å². The van der Waals surface area contributed by atoms with Gasteiger partial charge in [-0.15, -0.1) is 0 Å². The number of benzene rings is 2. The number of hydrogen-bond donors (Lipinski definition) is 0. The van der Waals surface area contributed by atoms with Crippen molar-refractivity contribution in [3.8, 4) is 23.0 Å². The van der Waals surface area contributed by atoms with Gasteiger partial charge in [-0.05, 0) is 17.7 Å². The molecule has 84 valence electrons. The van der Waals surface area contributed by atoms with E-state index >= 15 is 0 Å². The van der Waals surface area contributed by atoms with E-state index in [2.05, 4.69) is 11.8 Å². The molecule has 0 saturated carbocycles. The summed E-state index contributed by atoms with van der Waals surface area (Å²) in [5.41, 5.74) is 3.37. The molecule has 3 rings (SSSR count). The fraction of sp³-hybridized carbons (Fsp3) is 0. The minimum Gasteiger partial charge on any atom is -0.288 e. The van der Waals surface area contributed by atoms with Crippen molar-refractivity contribution in [2.24, 2.45) is 0 Å². The third-order valence-corrected chi connectivity index (χ3v) is 2.81. The molecule has 18 heavy (non-hydrogen) atoms. The van der Waals surface area contributed by atoms with Gasteiger partial charge < -0.3 is 0 Å². The van der Waals surface area contributed by atoms with Gasteiger partial charge in [0.15, 0.2) is 0 Å². The first-order chi connectivity index (χ1) is 8.86. The molecule has 0 aliphatic rings. The van der Waals surface area contributed by atoms with Gasteiger partial charge in [-0.1, -0.05) is 60.4 Å². The maximum absolute atomic E-state index is 11.7. The highest BCUT2D eigenvalue weighted by Crippen LogP contribution is 2.23. The van der Waals surface area contributed by atoms with Crippen molar-refractivity contribution in [3.05, 3.63) is 82.0 Å². The van der Waals surface area contributed by atoms with Gasteiger partial charge >= 0.3 is 0 Å². The van der Waals surface area contributed by atoms with Crippen molar-refractivity contribution in [3.63, 3.8) is 0 Å². The monoisotopic (exact) mass is 230 g/mol. The zero-order chi connectivity index (χ0) is 12.4. The summed E-state index contributed by atoms with van der Waals surface area (Å²) >= 11 is 0. The standard InChI is InChI=1S/C17H10O/c18-17-15(12-11-13-7-3-1-4-8-13)16(17)14-9-5-2-6-10-14/h1-10H. The van der Waals surface area contributed by atoms with Gasteiger partial charge in [-0.2, -0.15) is 0 Å². The lowest BCUT2D eigenvalue weighted by molar-refractivity contribution is 1.65. The Morgan fingerprint density at radius 2 is 1.33 bits per heavy atom. The Kier molecular flexibility index (Phi) is 2.55. The highest BCUT2D eigenvalue weighted by molar-refractivity contribution is 5.80. The molecule has 0 fully saturated rings. The maximum Gasteiger partial charge on any atom is 0.204 e. The van der Waals surface area contributed by atoms with E-state index in [-0.39, 0.29) is 5.43 Å². The van der Waals surface area contributed by atoms with Crippen LogP contribution >= 0.6 is 0 Å². The van der Waals surface area contributed by atoms with Crippen molar-refractivity contribution >= 4 is 0 Å². The van der Waals surface area contributed by atoms with Gasteiger partial charge in [0, 0.05) is 5.56 Å². The first kappa shape index (κ1) is 10.6. The zero-order valence-corrected chi connectivity index (χ0v) is 9.68. The topological polar surface area (TPSA) is 17.1 Å². The molecule has 0 aliphatic heterocycles. The molecule has 0 unspecified atom stereocenters. The van der Waals surface area contributed by atoms with Gasteiger partial charge in [-0.25, -0.2) is 0 Å². The molecule has 0 bridgehead atoms. The molecule has 1 heteroatoms. The molecule has 0 radical (unpaired) electrons. The predicted molar refractivity (Wildman–Crippen MR) is 72.9 cm³/mol. The minimum absolute atomic E-state index is 0.0737. The van der Waals surface area contributed by atoms with Crippen LogP contribution in [0.5, 0.6) is 0 Å². The van der Waals surface area contributed by atoms with Crippen molar-refractivity contribution in [1.82, 2.24) is 0 Å². The normalized spacial score (nSPS) is 10.0. The first-order valence-electron chi connectivity index (χ1n) is 5.78. The fourth-order valence-corrected chi connectivity index (χ4v) is 1.83. The van der Waals surface area contributed by atoms with E-state index in [9.17, 15) is 4.79 Å². The highest BCUT2D eigenvalue weighted by Gasteiger charge is 2.21. The van der Waals surface area contributed by atoms with Crippen LogP contribution in [0.4, 0.5) is 0 Å². The SMILES string of the molecule is O=c1c(C#Cc2ccccc2)c1-c1ccccc1. The molecule has 0 N–H and O–H groups in total. The molecule has 0 heterocycles. The largest absolute Gasteiger partial charge is 0.288 e. The second-order valence-corrected chi connectivity index (χ2v) is 4.06. The van der Waals surface area contributed by atoms with Crippen LogP contribution in [0.3, 0.4) is 0 Å². The Balaban J connectivity index is 1.90. The molecule has 1 nitrogen and oxygen atoms in total. The van der Waals surface area contributed by atoms with E-state index in [1.54, 1.807) is 0 Å². The molecule has 0 saturated heterocycles. The van der Waals surface area contributed by atoms with Gasteiger partial charge in [-0.3, -0.25) is 4.79 Å². The lowest BCUT2D eigenvalue weighted by Gasteiger charge is -1.88. The summed E-state index contributed by atoms with van der Waals surface area (Å²) in [6, 6.07) is 19.3. The predicted octanol–water partition coefficient (Wildman–Crippen LogP) is 2.99. The Bertz CT molecular complexity index is 733. The van der Waals surface area contributed by atoms with Crippen molar-refractivity contribution in [1.29, 1.82) is 0 Å². The molecule has 0 aromatic heterocycles. The summed E-state index contributed by atoms with van der Waals surface area (Å²) in [6.07, 6.45) is 0. The third kappa shape index (κ3) is 1.97. The van der Waals surface area contributed by atoms with Crippen LogP contribution in [-0.4, -0.2) is 0 Å². The molecular formula is C17H10O. The van der Waals surface area contributed by atoms with Crippen LogP contribution in [0.2, 0.25) is 0 Å². The third-order valence-electron chi connectivity index (χ3n) is 2.81. The average molecular weight is 230 g/mol. The van der Waals surface area contributed by atoms with E-state index < -0.39 is 0 Å². The van der Waals surface area contributed by atoms with Gasteiger partial charge in [0.25, 0.3) is 0 Å². The minimum atomic E-state index is 0.0737. The summed E-state index contributed by atoms with van der Waals surface area (Å²) in [5, 5.41) is 0. The second-order valence-electron chi connectivity index (χ2n) is 4.06. The molecule has 3 aromatic rings. The zero-order valence-electron chi connectivity index (χ0n) is 9.68. The summed E-state index contributed by atoms with van der Waals surface area (Å²) < 4.78 is 0. The number of hydrogen-bond acceptors (Lipinski definition) is 1. The van der Waals surface area contributed by atoms with E-state index in [0.29, 0.717) is 5.56 Å². The lowest BCUT2D eigenvalue weighted by atomic mass is 10.2. The molecule has 0 atom stereocenters. The van der Waals surface area contributed by atoms with Gasteiger partial charge in [0.2, 0.25) is 5.43 Å². The molecule has 0 spiro atoms. The van der Waals surface area contributed by atoms with Gasteiger partial charge in [0.05, 0.1) is 11.1 Å². The Morgan fingerprint density at radius 1 is 0.722 bits per heavy atom. The van der Waals surface area contributed by atoms with Crippen molar-refractivity contribution in [2.45, 2.75) is 0 Å². The lowest BCUT2D eigenvalue weighted by Crippen LogP contribution is -1.76. The van der Waals surface area contributed by atoms with Crippen LogP contribution in [0.1, 0.15) is 11.1 Å². The molecular weight excluding hydrogens is 220 g/mol. The summed E-state index contributed by atoms with van der Waals surface area (Å²) in [6.45, 7) is 0. The molecule has 0 amide bonds. The Morgan fingerprint density at radius 3 is 2.00 bits per heavy atom. The summed E-state index contributed by atoms with van der Waals surface area (Å²) in [7, 11) is 0. The maximum atomic E-state index is 11.7. The number of rotatable bonds is 1. The quantitative estimate of drug-likeness (QED) is 0.587. The first-order valence-corrected chi connectivity index (χ1v) is 5.78. The Hall–Kier alpha value is -2.59. The van der Waals surface area contributed by atoms with E-state index in [1.807, 2.05) is 60.7 Å². The van der Waals surface area contributed by atoms with E-state index in [1.165, 1.54) is 0 Å².